The molecule has 0 atom stereocenters. The number of halogens is 2. The van der Waals surface area contributed by atoms with Gasteiger partial charge in [0.1, 0.15) is 12.4 Å². The average molecular weight is 201 g/mol. The van der Waals surface area contributed by atoms with Gasteiger partial charge in [-0.2, -0.15) is 0 Å². The quantitative estimate of drug-likeness (QED) is 0.739. The van der Waals surface area contributed by atoms with E-state index in [1.54, 1.807) is 18.2 Å². The SMILES string of the molecule is O=CNc1ccccc1OCC(F)F. The zero-order valence-corrected chi connectivity index (χ0v) is 7.24. The van der Waals surface area contributed by atoms with E-state index in [9.17, 15) is 13.6 Å². The third-order valence-corrected chi connectivity index (χ3v) is 1.47. The minimum atomic E-state index is -2.53. The molecule has 0 aliphatic rings. The summed E-state index contributed by atoms with van der Waals surface area (Å²) in [6.07, 6.45) is -2.07. The van der Waals surface area contributed by atoms with E-state index in [1.165, 1.54) is 6.07 Å². The summed E-state index contributed by atoms with van der Waals surface area (Å²) in [5, 5.41) is 2.35. The molecule has 14 heavy (non-hydrogen) atoms. The van der Waals surface area contributed by atoms with Gasteiger partial charge >= 0.3 is 0 Å². The van der Waals surface area contributed by atoms with E-state index < -0.39 is 13.0 Å². The molecule has 1 aromatic carbocycles. The largest absolute Gasteiger partial charge is 0.485 e. The number of hydrogen-bond acceptors (Lipinski definition) is 2. The zero-order chi connectivity index (χ0) is 10.4. The van der Waals surface area contributed by atoms with Crippen molar-refractivity contribution in [3.8, 4) is 5.75 Å². The fourth-order valence-corrected chi connectivity index (χ4v) is 0.928. The van der Waals surface area contributed by atoms with Crippen LogP contribution in [0.1, 0.15) is 0 Å². The van der Waals surface area contributed by atoms with Crippen LogP contribution in [0.15, 0.2) is 24.3 Å². The zero-order valence-electron chi connectivity index (χ0n) is 7.24. The monoisotopic (exact) mass is 201 g/mol. The van der Waals surface area contributed by atoms with Crippen molar-refractivity contribution in [2.45, 2.75) is 6.43 Å². The molecular formula is C9H9F2NO2. The molecule has 0 spiro atoms. The Kier molecular flexibility index (Phi) is 3.84. The number of nitrogens with one attached hydrogen (secondary N) is 1. The number of para-hydroxylation sites is 2. The van der Waals surface area contributed by atoms with Gasteiger partial charge in [0.25, 0.3) is 6.43 Å². The lowest BCUT2D eigenvalue weighted by Gasteiger charge is -2.09. The van der Waals surface area contributed by atoms with Crippen LogP contribution in [-0.2, 0) is 4.79 Å². The number of benzene rings is 1. The van der Waals surface area contributed by atoms with Crippen molar-refractivity contribution in [3.63, 3.8) is 0 Å². The number of anilines is 1. The number of alkyl halides is 2. The first-order valence-electron chi connectivity index (χ1n) is 3.94. The van der Waals surface area contributed by atoms with Gasteiger partial charge in [0.05, 0.1) is 5.69 Å². The van der Waals surface area contributed by atoms with Crippen LogP contribution in [-0.4, -0.2) is 19.4 Å². The van der Waals surface area contributed by atoms with Crippen molar-refractivity contribution in [2.75, 3.05) is 11.9 Å². The van der Waals surface area contributed by atoms with Crippen molar-refractivity contribution in [1.82, 2.24) is 0 Å². The summed E-state index contributed by atoms with van der Waals surface area (Å²) in [6.45, 7) is -0.683. The summed E-state index contributed by atoms with van der Waals surface area (Å²) >= 11 is 0. The van der Waals surface area contributed by atoms with E-state index in [-0.39, 0.29) is 5.75 Å². The van der Waals surface area contributed by atoms with Crippen LogP contribution in [0.2, 0.25) is 0 Å². The highest BCUT2D eigenvalue weighted by atomic mass is 19.3. The molecule has 0 bridgehead atoms. The molecular weight excluding hydrogens is 192 g/mol. The van der Waals surface area contributed by atoms with Gasteiger partial charge in [0, 0.05) is 0 Å². The molecule has 3 nitrogen and oxygen atoms in total. The molecule has 1 rings (SSSR count). The highest BCUT2D eigenvalue weighted by molar-refractivity contribution is 5.75. The van der Waals surface area contributed by atoms with E-state index >= 15 is 0 Å². The fourth-order valence-electron chi connectivity index (χ4n) is 0.928. The predicted molar refractivity (Wildman–Crippen MR) is 47.6 cm³/mol. The average Bonchev–Trinajstić information content (AvgIpc) is 2.17. The highest BCUT2D eigenvalue weighted by Gasteiger charge is 2.06. The van der Waals surface area contributed by atoms with Crippen LogP contribution in [0.5, 0.6) is 5.75 Å². The Morgan fingerprint density at radius 2 is 2.14 bits per heavy atom. The molecule has 0 fully saturated rings. The molecule has 0 saturated heterocycles. The van der Waals surface area contributed by atoms with Crippen LogP contribution >= 0.6 is 0 Å². The van der Waals surface area contributed by atoms with Crippen LogP contribution < -0.4 is 10.1 Å². The van der Waals surface area contributed by atoms with Gasteiger partial charge < -0.3 is 10.1 Å². The van der Waals surface area contributed by atoms with Crippen LogP contribution in [0.4, 0.5) is 14.5 Å². The molecule has 0 aliphatic carbocycles. The van der Waals surface area contributed by atoms with Crippen molar-refractivity contribution in [1.29, 1.82) is 0 Å². The Morgan fingerprint density at radius 3 is 2.79 bits per heavy atom. The van der Waals surface area contributed by atoms with E-state index in [0.717, 1.165) is 0 Å². The summed E-state index contributed by atoms with van der Waals surface area (Å²) in [7, 11) is 0. The molecule has 0 radical (unpaired) electrons. The molecule has 0 saturated carbocycles. The maximum Gasteiger partial charge on any atom is 0.272 e. The Balaban J connectivity index is 2.68. The number of carbonyl (C=O) groups excluding carboxylic acids is 1. The van der Waals surface area contributed by atoms with Crippen molar-refractivity contribution in [2.24, 2.45) is 0 Å². The molecule has 0 heterocycles. The second-order valence-corrected chi connectivity index (χ2v) is 2.46. The van der Waals surface area contributed by atoms with Crippen LogP contribution in [0.25, 0.3) is 0 Å². The minimum absolute atomic E-state index is 0.236. The summed E-state index contributed by atoms with van der Waals surface area (Å²) in [4.78, 5) is 10.1. The first-order chi connectivity index (χ1) is 6.74. The maximum atomic E-state index is 11.8. The Bertz CT molecular complexity index is 305. The second kappa shape index (κ2) is 5.16. The van der Waals surface area contributed by atoms with E-state index in [2.05, 4.69) is 5.32 Å². The Hall–Kier alpha value is -1.65. The van der Waals surface area contributed by atoms with Gasteiger partial charge in [-0.3, -0.25) is 4.79 Å². The van der Waals surface area contributed by atoms with Crippen LogP contribution in [0.3, 0.4) is 0 Å². The van der Waals surface area contributed by atoms with Gasteiger partial charge in [0.15, 0.2) is 0 Å². The molecule has 1 aromatic rings. The van der Waals surface area contributed by atoms with E-state index in [4.69, 9.17) is 4.74 Å². The molecule has 1 N–H and O–H groups in total. The van der Waals surface area contributed by atoms with Crippen molar-refractivity contribution < 1.29 is 18.3 Å². The molecule has 0 aliphatic heterocycles. The van der Waals surface area contributed by atoms with E-state index in [0.29, 0.717) is 12.1 Å². The first kappa shape index (κ1) is 10.4. The summed E-state index contributed by atoms with van der Waals surface area (Å²) in [5.74, 6) is 0.236. The first-order valence-corrected chi connectivity index (χ1v) is 3.94. The number of amides is 1. The topological polar surface area (TPSA) is 38.3 Å². The minimum Gasteiger partial charge on any atom is -0.485 e. The standard InChI is InChI=1S/C9H9F2NO2/c10-9(11)5-14-8-4-2-1-3-7(8)12-6-13/h1-4,6,9H,5H2,(H,12,13). The van der Waals surface area contributed by atoms with Gasteiger partial charge in [-0.1, -0.05) is 12.1 Å². The maximum absolute atomic E-state index is 11.8. The number of hydrogen-bond donors (Lipinski definition) is 1. The summed E-state index contributed by atoms with van der Waals surface area (Å²) in [6, 6.07) is 6.38. The summed E-state index contributed by atoms with van der Waals surface area (Å²) in [5.41, 5.74) is 0.378. The Labute approximate surface area is 79.7 Å². The van der Waals surface area contributed by atoms with E-state index in [1.807, 2.05) is 0 Å². The lowest BCUT2D eigenvalue weighted by molar-refractivity contribution is -0.105. The van der Waals surface area contributed by atoms with Gasteiger partial charge in [0.2, 0.25) is 6.41 Å². The van der Waals surface area contributed by atoms with Gasteiger partial charge in [-0.25, -0.2) is 8.78 Å². The third kappa shape index (κ3) is 3.01. The molecule has 0 unspecified atom stereocenters. The van der Waals surface area contributed by atoms with Crippen LogP contribution in [0, 0.1) is 0 Å². The lowest BCUT2D eigenvalue weighted by atomic mass is 10.3. The number of carbonyl (C=O) groups is 1. The fraction of sp³-hybridized carbons (Fsp3) is 0.222. The molecule has 0 aromatic heterocycles. The molecule has 5 heteroatoms. The predicted octanol–water partition coefficient (Wildman–Crippen LogP) is 1.90. The van der Waals surface area contributed by atoms with Crippen molar-refractivity contribution in [3.05, 3.63) is 24.3 Å². The number of ether oxygens (including phenoxy) is 1. The lowest BCUT2D eigenvalue weighted by Crippen LogP contribution is -2.08. The summed E-state index contributed by atoms with van der Waals surface area (Å²) < 4.78 is 28.4. The van der Waals surface area contributed by atoms with Gasteiger partial charge in [-0.05, 0) is 12.1 Å². The highest BCUT2D eigenvalue weighted by Crippen LogP contribution is 2.23. The number of rotatable bonds is 5. The molecule has 76 valence electrons. The Morgan fingerprint density at radius 1 is 1.43 bits per heavy atom. The second-order valence-electron chi connectivity index (χ2n) is 2.46. The molecule has 1 amide bonds. The normalized spacial score (nSPS) is 9.93. The van der Waals surface area contributed by atoms with Crippen molar-refractivity contribution >= 4 is 12.1 Å². The third-order valence-electron chi connectivity index (χ3n) is 1.47. The smallest absolute Gasteiger partial charge is 0.272 e. The van der Waals surface area contributed by atoms with Gasteiger partial charge in [-0.15, -0.1) is 0 Å².